The highest BCUT2D eigenvalue weighted by atomic mass is 16.2. The van der Waals surface area contributed by atoms with E-state index in [0.29, 0.717) is 17.1 Å². The van der Waals surface area contributed by atoms with Crippen LogP contribution >= 0.6 is 0 Å². The van der Waals surface area contributed by atoms with Gasteiger partial charge >= 0.3 is 0 Å². The molecular formula is C12H13N5O2. The molecule has 98 valence electrons. The van der Waals surface area contributed by atoms with Gasteiger partial charge in [0.15, 0.2) is 0 Å². The standard InChI is InChI=1S/C12H13N5O2/c1-3-10(18)12(19)13-9-6-7(2)4-5-8(9)11-14-16-17-15-11/h4-6H,3H2,1-2H3,(H,13,19)(H,14,15,16,17). The van der Waals surface area contributed by atoms with Crippen molar-refractivity contribution in [2.24, 2.45) is 0 Å². The van der Waals surface area contributed by atoms with E-state index in [-0.39, 0.29) is 6.42 Å². The molecule has 0 saturated carbocycles. The summed E-state index contributed by atoms with van der Waals surface area (Å²) in [7, 11) is 0. The molecule has 1 heterocycles. The van der Waals surface area contributed by atoms with E-state index in [0.717, 1.165) is 5.56 Å². The van der Waals surface area contributed by atoms with Crippen LogP contribution in [0.4, 0.5) is 5.69 Å². The van der Waals surface area contributed by atoms with Crippen LogP contribution in [-0.4, -0.2) is 32.3 Å². The van der Waals surface area contributed by atoms with Crippen LogP contribution in [0.25, 0.3) is 11.4 Å². The largest absolute Gasteiger partial charge is 0.319 e. The summed E-state index contributed by atoms with van der Waals surface area (Å²) in [5, 5.41) is 16.1. The number of anilines is 1. The molecule has 7 heteroatoms. The van der Waals surface area contributed by atoms with Gasteiger partial charge in [0.2, 0.25) is 11.6 Å². The van der Waals surface area contributed by atoms with Crippen LogP contribution in [0, 0.1) is 6.92 Å². The first-order chi connectivity index (χ1) is 9.11. The van der Waals surface area contributed by atoms with Gasteiger partial charge in [0, 0.05) is 12.0 Å². The zero-order valence-electron chi connectivity index (χ0n) is 10.6. The first-order valence-corrected chi connectivity index (χ1v) is 5.80. The van der Waals surface area contributed by atoms with Crippen LogP contribution in [0.15, 0.2) is 18.2 Å². The first-order valence-electron chi connectivity index (χ1n) is 5.80. The molecule has 0 fully saturated rings. The molecule has 0 spiro atoms. The molecule has 19 heavy (non-hydrogen) atoms. The Bertz CT molecular complexity index is 607. The molecule has 2 N–H and O–H groups in total. The predicted octanol–water partition coefficient (Wildman–Crippen LogP) is 1.09. The fraction of sp³-hybridized carbons (Fsp3) is 0.250. The lowest BCUT2D eigenvalue weighted by Crippen LogP contribution is -2.22. The van der Waals surface area contributed by atoms with Crippen LogP contribution in [-0.2, 0) is 9.59 Å². The Balaban J connectivity index is 2.36. The van der Waals surface area contributed by atoms with Gasteiger partial charge in [-0.3, -0.25) is 9.59 Å². The summed E-state index contributed by atoms with van der Waals surface area (Å²) in [4.78, 5) is 23.0. The fourth-order valence-electron chi connectivity index (χ4n) is 1.58. The van der Waals surface area contributed by atoms with Gasteiger partial charge in [-0.1, -0.05) is 13.0 Å². The van der Waals surface area contributed by atoms with E-state index in [9.17, 15) is 9.59 Å². The number of nitrogens with zero attached hydrogens (tertiary/aromatic N) is 3. The Morgan fingerprint density at radius 2 is 2.16 bits per heavy atom. The molecule has 2 aromatic rings. The summed E-state index contributed by atoms with van der Waals surface area (Å²) in [6.07, 6.45) is 0.162. The predicted molar refractivity (Wildman–Crippen MR) is 68.3 cm³/mol. The SMILES string of the molecule is CCC(=O)C(=O)Nc1cc(C)ccc1-c1nn[nH]n1. The molecule has 1 aromatic heterocycles. The molecule has 0 unspecified atom stereocenters. The first kappa shape index (κ1) is 12.9. The van der Waals surface area contributed by atoms with Crippen LogP contribution in [0.2, 0.25) is 0 Å². The molecule has 2 rings (SSSR count). The third-order valence-electron chi connectivity index (χ3n) is 2.58. The highest BCUT2D eigenvalue weighted by molar-refractivity contribution is 6.40. The van der Waals surface area contributed by atoms with Crippen LogP contribution in [0.1, 0.15) is 18.9 Å². The van der Waals surface area contributed by atoms with E-state index in [1.54, 1.807) is 19.1 Å². The van der Waals surface area contributed by atoms with Crippen LogP contribution in [0.3, 0.4) is 0 Å². The highest BCUT2D eigenvalue weighted by Gasteiger charge is 2.15. The number of carbonyl (C=O) groups excluding carboxylic acids is 2. The molecule has 1 aromatic carbocycles. The number of rotatable bonds is 4. The number of hydrogen-bond donors (Lipinski definition) is 2. The maximum Gasteiger partial charge on any atom is 0.291 e. The van der Waals surface area contributed by atoms with Crippen molar-refractivity contribution in [1.29, 1.82) is 0 Å². The molecule has 0 radical (unpaired) electrons. The molecule has 0 aliphatic heterocycles. The maximum atomic E-state index is 11.7. The minimum atomic E-state index is -0.641. The number of Topliss-reactive ketones (excluding diaryl/α,β-unsaturated/α-hetero) is 1. The average Bonchev–Trinajstić information content (AvgIpc) is 2.91. The molecule has 1 amide bonds. The lowest BCUT2D eigenvalue weighted by Gasteiger charge is -2.08. The number of amides is 1. The molecule has 7 nitrogen and oxygen atoms in total. The van der Waals surface area contributed by atoms with E-state index >= 15 is 0 Å². The van der Waals surface area contributed by atoms with Crippen molar-refractivity contribution in [3.63, 3.8) is 0 Å². The number of H-pyrrole nitrogens is 1. The third-order valence-corrected chi connectivity index (χ3v) is 2.58. The molecule has 0 saturated heterocycles. The zero-order valence-corrected chi connectivity index (χ0v) is 10.6. The van der Waals surface area contributed by atoms with E-state index in [4.69, 9.17) is 0 Å². The Hall–Kier alpha value is -2.57. The summed E-state index contributed by atoms with van der Waals surface area (Å²) in [5.74, 6) is -0.752. The highest BCUT2D eigenvalue weighted by Crippen LogP contribution is 2.25. The van der Waals surface area contributed by atoms with E-state index in [1.807, 2.05) is 13.0 Å². The number of benzene rings is 1. The minimum Gasteiger partial charge on any atom is -0.319 e. The number of ketones is 1. The number of nitrogens with one attached hydrogen (secondary N) is 2. The average molecular weight is 259 g/mol. The Morgan fingerprint density at radius 1 is 1.37 bits per heavy atom. The summed E-state index contributed by atoms with van der Waals surface area (Å²) in [5.41, 5.74) is 2.05. The topological polar surface area (TPSA) is 101 Å². The second kappa shape index (κ2) is 5.38. The van der Waals surface area contributed by atoms with Gasteiger partial charge in [0.25, 0.3) is 5.91 Å². The smallest absolute Gasteiger partial charge is 0.291 e. The summed E-state index contributed by atoms with van der Waals surface area (Å²) < 4.78 is 0. The molecule has 0 atom stereocenters. The van der Waals surface area contributed by atoms with Crippen molar-refractivity contribution in [3.05, 3.63) is 23.8 Å². The number of carbonyl (C=O) groups is 2. The molecule has 0 aliphatic carbocycles. The summed E-state index contributed by atoms with van der Waals surface area (Å²) >= 11 is 0. The van der Waals surface area contributed by atoms with Crippen molar-refractivity contribution in [3.8, 4) is 11.4 Å². The van der Waals surface area contributed by atoms with Crippen LogP contribution in [0.5, 0.6) is 0 Å². The van der Waals surface area contributed by atoms with Gasteiger partial charge in [-0.15, -0.1) is 10.2 Å². The number of aromatic nitrogens is 4. The second-order valence-electron chi connectivity index (χ2n) is 4.02. The van der Waals surface area contributed by atoms with Crippen LogP contribution < -0.4 is 5.32 Å². The van der Waals surface area contributed by atoms with Crippen molar-refractivity contribution in [2.45, 2.75) is 20.3 Å². The van der Waals surface area contributed by atoms with Crippen molar-refractivity contribution < 1.29 is 9.59 Å². The van der Waals surface area contributed by atoms with E-state index < -0.39 is 11.7 Å². The monoisotopic (exact) mass is 259 g/mol. The Kier molecular flexibility index (Phi) is 3.65. The quantitative estimate of drug-likeness (QED) is 0.800. The van der Waals surface area contributed by atoms with Gasteiger partial charge in [0.05, 0.1) is 5.69 Å². The van der Waals surface area contributed by atoms with Gasteiger partial charge < -0.3 is 5.32 Å². The minimum absolute atomic E-state index is 0.162. The van der Waals surface area contributed by atoms with Crippen molar-refractivity contribution >= 4 is 17.4 Å². The van der Waals surface area contributed by atoms with Gasteiger partial charge in [0.1, 0.15) is 0 Å². The van der Waals surface area contributed by atoms with Gasteiger partial charge in [-0.2, -0.15) is 5.21 Å². The number of aromatic amines is 1. The lowest BCUT2D eigenvalue weighted by atomic mass is 10.1. The Morgan fingerprint density at radius 3 is 2.79 bits per heavy atom. The van der Waals surface area contributed by atoms with Gasteiger partial charge in [-0.05, 0) is 29.8 Å². The zero-order chi connectivity index (χ0) is 13.8. The second-order valence-corrected chi connectivity index (χ2v) is 4.02. The summed E-state index contributed by atoms with van der Waals surface area (Å²) in [6, 6.07) is 5.39. The lowest BCUT2D eigenvalue weighted by molar-refractivity contribution is -0.134. The van der Waals surface area contributed by atoms with Crippen molar-refractivity contribution in [1.82, 2.24) is 20.6 Å². The number of aryl methyl sites for hydroxylation is 1. The van der Waals surface area contributed by atoms with E-state index in [2.05, 4.69) is 25.9 Å². The maximum absolute atomic E-state index is 11.7. The molecular weight excluding hydrogens is 246 g/mol. The fourth-order valence-corrected chi connectivity index (χ4v) is 1.58. The molecule has 0 aliphatic rings. The third kappa shape index (κ3) is 2.82. The molecule has 0 bridgehead atoms. The van der Waals surface area contributed by atoms with E-state index in [1.165, 1.54) is 0 Å². The summed E-state index contributed by atoms with van der Waals surface area (Å²) in [6.45, 7) is 3.52. The Labute approximate surface area is 109 Å². The number of hydrogen-bond acceptors (Lipinski definition) is 5. The number of tetrazole rings is 1. The normalized spacial score (nSPS) is 10.2. The van der Waals surface area contributed by atoms with Crippen molar-refractivity contribution in [2.75, 3.05) is 5.32 Å². The van der Waals surface area contributed by atoms with Gasteiger partial charge in [-0.25, -0.2) is 0 Å².